The molecule has 1 aliphatic rings. The molecule has 0 aromatic heterocycles. The molecular weight excluding hydrogens is 223 g/mol. The largest absolute Gasteiger partial charge is 0.384 e. The molecule has 0 atom stereocenters. The van der Waals surface area contributed by atoms with E-state index in [1.807, 2.05) is 0 Å². The Hall–Kier alpha value is -2.11. The van der Waals surface area contributed by atoms with E-state index < -0.39 is 5.82 Å². The molecule has 0 saturated heterocycles. The molecule has 0 spiro atoms. The lowest BCUT2D eigenvalue weighted by atomic mass is 10.1. The van der Waals surface area contributed by atoms with Crippen molar-refractivity contribution in [2.45, 2.75) is 18.9 Å². The number of carbonyl (C=O) groups is 1. The van der Waals surface area contributed by atoms with Crippen molar-refractivity contribution in [1.29, 1.82) is 5.41 Å². The second-order valence-corrected chi connectivity index (χ2v) is 3.98. The number of halogens is 1. The van der Waals surface area contributed by atoms with E-state index in [1.165, 1.54) is 18.2 Å². The first-order valence-electron chi connectivity index (χ1n) is 5.27. The van der Waals surface area contributed by atoms with Gasteiger partial charge in [-0.15, -0.1) is 0 Å². The van der Waals surface area contributed by atoms with E-state index in [2.05, 4.69) is 10.6 Å². The lowest BCUT2D eigenvalue weighted by Gasteiger charge is -2.08. The van der Waals surface area contributed by atoms with Gasteiger partial charge in [0.1, 0.15) is 11.7 Å². The van der Waals surface area contributed by atoms with Crippen LogP contribution in [0.5, 0.6) is 0 Å². The number of nitrogens with two attached hydrogens (primary N) is 1. The summed E-state index contributed by atoms with van der Waals surface area (Å²) in [5, 5.41) is 12.5. The molecular formula is C11H13FN4O. The van der Waals surface area contributed by atoms with E-state index in [0.29, 0.717) is 5.69 Å². The molecule has 0 heterocycles. The van der Waals surface area contributed by atoms with Gasteiger partial charge in [-0.2, -0.15) is 0 Å². The number of urea groups is 1. The van der Waals surface area contributed by atoms with Gasteiger partial charge >= 0.3 is 6.03 Å². The number of benzene rings is 1. The highest BCUT2D eigenvalue weighted by Crippen LogP contribution is 2.19. The highest BCUT2D eigenvalue weighted by atomic mass is 19.1. The van der Waals surface area contributed by atoms with Crippen LogP contribution in [0, 0.1) is 11.2 Å². The molecule has 1 saturated carbocycles. The van der Waals surface area contributed by atoms with Crippen LogP contribution in [0.2, 0.25) is 0 Å². The van der Waals surface area contributed by atoms with Gasteiger partial charge in [-0.1, -0.05) is 0 Å². The van der Waals surface area contributed by atoms with Crippen LogP contribution in [0.3, 0.4) is 0 Å². The number of hydrogen-bond donors (Lipinski definition) is 4. The van der Waals surface area contributed by atoms with Crippen LogP contribution in [-0.2, 0) is 0 Å². The summed E-state index contributed by atoms with van der Waals surface area (Å²) in [4.78, 5) is 11.4. The topological polar surface area (TPSA) is 91.0 Å². The fourth-order valence-electron chi connectivity index (χ4n) is 1.39. The molecule has 0 bridgehead atoms. The molecule has 1 aromatic rings. The van der Waals surface area contributed by atoms with E-state index in [9.17, 15) is 9.18 Å². The highest BCUT2D eigenvalue weighted by molar-refractivity contribution is 5.97. The van der Waals surface area contributed by atoms with Crippen LogP contribution in [0.1, 0.15) is 18.4 Å². The zero-order chi connectivity index (χ0) is 12.4. The lowest BCUT2D eigenvalue weighted by Crippen LogP contribution is -2.30. The molecule has 0 unspecified atom stereocenters. The average Bonchev–Trinajstić information content (AvgIpc) is 3.04. The molecule has 1 aliphatic carbocycles. The molecule has 2 amide bonds. The first-order chi connectivity index (χ1) is 8.06. The van der Waals surface area contributed by atoms with Crippen molar-refractivity contribution in [2.24, 2.45) is 5.73 Å². The minimum atomic E-state index is -0.578. The number of amidine groups is 1. The molecule has 90 valence electrons. The summed E-state index contributed by atoms with van der Waals surface area (Å²) >= 11 is 0. The Kier molecular flexibility index (Phi) is 2.95. The number of amides is 2. The summed E-state index contributed by atoms with van der Waals surface area (Å²) in [7, 11) is 0. The average molecular weight is 236 g/mol. The van der Waals surface area contributed by atoms with E-state index in [1.54, 1.807) is 0 Å². The molecule has 17 heavy (non-hydrogen) atoms. The maximum atomic E-state index is 13.2. The van der Waals surface area contributed by atoms with E-state index in [0.717, 1.165) is 12.8 Å². The number of nitrogens with one attached hydrogen (secondary N) is 3. The molecule has 1 fully saturated rings. The van der Waals surface area contributed by atoms with Crippen molar-refractivity contribution in [3.8, 4) is 0 Å². The van der Waals surface area contributed by atoms with Crippen LogP contribution in [0.25, 0.3) is 0 Å². The summed E-state index contributed by atoms with van der Waals surface area (Å²) in [6.07, 6.45) is 1.99. The van der Waals surface area contributed by atoms with Gasteiger partial charge in [-0.05, 0) is 31.0 Å². The SMILES string of the molecule is N=C(N)c1cc(NC(=O)NC2CC2)ccc1F. The molecule has 0 aliphatic heterocycles. The number of hydrogen-bond acceptors (Lipinski definition) is 2. The van der Waals surface area contributed by atoms with Gasteiger partial charge in [0.2, 0.25) is 0 Å². The van der Waals surface area contributed by atoms with Crippen LogP contribution < -0.4 is 16.4 Å². The van der Waals surface area contributed by atoms with Gasteiger partial charge in [0.05, 0.1) is 5.56 Å². The zero-order valence-corrected chi connectivity index (χ0v) is 9.09. The third-order valence-corrected chi connectivity index (χ3v) is 2.43. The molecule has 0 radical (unpaired) electrons. The third-order valence-electron chi connectivity index (χ3n) is 2.43. The second kappa shape index (κ2) is 4.40. The van der Waals surface area contributed by atoms with Gasteiger partial charge in [0.25, 0.3) is 0 Å². The number of nitrogen functional groups attached to an aromatic ring is 1. The zero-order valence-electron chi connectivity index (χ0n) is 9.09. The normalized spacial score (nSPS) is 14.2. The Morgan fingerprint density at radius 3 is 2.76 bits per heavy atom. The van der Waals surface area contributed by atoms with Crippen LogP contribution in [0.4, 0.5) is 14.9 Å². The summed E-state index contributed by atoms with van der Waals surface area (Å²) in [6, 6.07) is 3.86. The standard InChI is InChI=1S/C11H13FN4O/c12-9-4-3-7(5-8(9)10(13)14)16-11(17)15-6-1-2-6/h3-6H,1-2H2,(H3,13,14)(H2,15,16,17). The van der Waals surface area contributed by atoms with Crippen LogP contribution in [0.15, 0.2) is 18.2 Å². The second-order valence-electron chi connectivity index (χ2n) is 3.98. The molecule has 5 N–H and O–H groups in total. The Morgan fingerprint density at radius 1 is 1.47 bits per heavy atom. The van der Waals surface area contributed by atoms with Gasteiger partial charge in [-0.3, -0.25) is 5.41 Å². The van der Waals surface area contributed by atoms with Crippen molar-refractivity contribution in [2.75, 3.05) is 5.32 Å². The first kappa shape index (κ1) is 11.4. The van der Waals surface area contributed by atoms with Crippen molar-refractivity contribution in [3.05, 3.63) is 29.6 Å². The van der Waals surface area contributed by atoms with Gasteiger partial charge < -0.3 is 16.4 Å². The fourth-order valence-corrected chi connectivity index (χ4v) is 1.39. The predicted octanol–water partition coefficient (Wildman–Crippen LogP) is 1.39. The monoisotopic (exact) mass is 236 g/mol. The number of anilines is 1. The van der Waals surface area contributed by atoms with Crippen LogP contribution in [-0.4, -0.2) is 17.9 Å². The van der Waals surface area contributed by atoms with Crippen molar-refractivity contribution < 1.29 is 9.18 Å². The summed E-state index contributed by atoms with van der Waals surface area (Å²) in [5.41, 5.74) is 5.61. The quantitative estimate of drug-likeness (QED) is 0.472. The fraction of sp³-hybridized carbons (Fsp3) is 0.273. The summed E-state index contributed by atoms with van der Waals surface area (Å²) in [6.45, 7) is 0. The van der Waals surface area contributed by atoms with Crippen molar-refractivity contribution in [3.63, 3.8) is 0 Å². The molecule has 2 rings (SSSR count). The number of carbonyl (C=O) groups excluding carboxylic acids is 1. The predicted molar refractivity (Wildman–Crippen MR) is 62.6 cm³/mol. The smallest absolute Gasteiger partial charge is 0.319 e. The minimum Gasteiger partial charge on any atom is -0.384 e. The van der Waals surface area contributed by atoms with Gasteiger partial charge in [0.15, 0.2) is 0 Å². The van der Waals surface area contributed by atoms with Gasteiger partial charge in [0, 0.05) is 11.7 Å². The van der Waals surface area contributed by atoms with E-state index in [4.69, 9.17) is 11.1 Å². The lowest BCUT2D eigenvalue weighted by molar-refractivity contribution is 0.251. The Balaban J connectivity index is 2.07. The Morgan fingerprint density at radius 2 is 2.18 bits per heavy atom. The Labute approximate surface area is 97.7 Å². The Bertz CT molecular complexity index is 471. The van der Waals surface area contributed by atoms with E-state index >= 15 is 0 Å². The summed E-state index contributed by atoms with van der Waals surface area (Å²) < 4.78 is 13.2. The molecule has 6 heteroatoms. The maximum Gasteiger partial charge on any atom is 0.319 e. The summed E-state index contributed by atoms with van der Waals surface area (Å²) in [5.74, 6) is -0.945. The first-order valence-corrected chi connectivity index (χ1v) is 5.27. The maximum absolute atomic E-state index is 13.2. The molecule has 1 aromatic carbocycles. The van der Waals surface area contributed by atoms with Crippen LogP contribution >= 0.6 is 0 Å². The minimum absolute atomic E-state index is 0.0192. The number of rotatable bonds is 3. The third kappa shape index (κ3) is 2.93. The molecule has 5 nitrogen and oxygen atoms in total. The van der Waals surface area contributed by atoms with Crippen molar-refractivity contribution in [1.82, 2.24) is 5.32 Å². The van der Waals surface area contributed by atoms with Gasteiger partial charge in [-0.25, -0.2) is 9.18 Å². The van der Waals surface area contributed by atoms with Crippen molar-refractivity contribution >= 4 is 17.6 Å². The highest BCUT2D eigenvalue weighted by Gasteiger charge is 2.23. The van der Waals surface area contributed by atoms with E-state index in [-0.39, 0.29) is 23.5 Å².